The molecular weight excluding hydrogens is 404 g/mol. The maximum absolute atomic E-state index is 13.8. The lowest BCUT2D eigenvalue weighted by Crippen LogP contribution is -2.57. The summed E-state index contributed by atoms with van der Waals surface area (Å²) in [5.74, 6) is 3.00. The fourth-order valence-electron chi connectivity index (χ4n) is 8.86. The van der Waals surface area contributed by atoms with Crippen LogP contribution >= 0.6 is 0 Å². The van der Waals surface area contributed by atoms with E-state index < -0.39 is 0 Å². The van der Waals surface area contributed by atoms with Crippen molar-refractivity contribution in [3.8, 4) is 0 Å². The van der Waals surface area contributed by atoms with Gasteiger partial charge < -0.3 is 9.47 Å². The first-order valence-electron chi connectivity index (χ1n) is 12.9. The lowest BCUT2D eigenvalue weighted by Gasteiger charge is -2.60. The van der Waals surface area contributed by atoms with Gasteiger partial charge in [-0.3, -0.25) is 14.4 Å². The molecule has 0 bridgehead atoms. The highest BCUT2D eigenvalue weighted by Crippen LogP contribution is 2.67. The van der Waals surface area contributed by atoms with Gasteiger partial charge in [-0.1, -0.05) is 20.8 Å². The van der Waals surface area contributed by atoms with Gasteiger partial charge in [0.05, 0.1) is 7.11 Å². The van der Waals surface area contributed by atoms with Crippen molar-refractivity contribution in [3.63, 3.8) is 0 Å². The van der Waals surface area contributed by atoms with E-state index in [1.165, 1.54) is 26.9 Å². The molecule has 0 saturated heterocycles. The number of esters is 2. The Balaban J connectivity index is 1.50. The van der Waals surface area contributed by atoms with E-state index in [1.54, 1.807) is 0 Å². The number of hydrogen-bond acceptors (Lipinski definition) is 5. The van der Waals surface area contributed by atoms with Crippen molar-refractivity contribution < 1.29 is 23.9 Å². The number of carbonyl (C=O) groups excluding carboxylic acids is 3. The van der Waals surface area contributed by atoms with E-state index in [0.717, 1.165) is 38.5 Å². The summed E-state index contributed by atoms with van der Waals surface area (Å²) < 4.78 is 10.4. The number of methoxy groups -OCH3 is 1. The molecule has 0 aromatic rings. The highest BCUT2D eigenvalue weighted by atomic mass is 16.5. The zero-order valence-corrected chi connectivity index (χ0v) is 20.7. The molecule has 0 N–H and O–H groups in total. The zero-order chi connectivity index (χ0) is 23.3. The molecule has 32 heavy (non-hydrogen) atoms. The number of fused-ring (bicyclic) bond motifs is 5. The van der Waals surface area contributed by atoms with Crippen molar-refractivity contribution in [3.05, 3.63) is 0 Å². The number of ketones is 1. The van der Waals surface area contributed by atoms with Gasteiger partial charge in [-0.25, -0.2) is 0 Å². The molecular formula is C27H42O5. The molecule has 2 unspecified atom stereocenters. The van der Waals surface area contributed by atoms with Crippen LogP contribution in [0, 0.1) is 46.3 Å². The Hall–Kier alpha value is -1.39. The Labute approximate surface area is 193 Å². The monoisotopic (exact) mass is 446 g/mol. The molecule has 0 aromatic heterocycles. The van der Waals surface area contributed by atoms with E-state index in [4.69, 9.17) is 9.47 Å². The second kappa shape index (κ2) is 8.76. The topological polar surface area (TPSA) is 69.7 Å². The Morgan fingerprint density at radius 2 is 1.84 bits per heavy atom. The summed E-state index contributed by atoms with van der Waals surface area (Å²) in [7, 11) is 1.45. The minimum absolute atomic E-state index is 0.0539. The number of Topliss-reactive ketones (excluding diaryl/α,β-unsaturated/α-hetero) is 1. The van der Waals surface area contributed by atoms with E-state index in [2.05, 4.69) is 20.8 Å². The molecule has 0 aliphatic heterocycles. The first kappa shape index (κ1) is 23.8. The van der Waals surface area contributed by atoms with Gasteiger partial charge in [-0.05, 0) is 92.3 Å². The van der Waals surface area contributed by atoms with Gasteiger partial charge in [0.2, 0.25) is 0 Å². The first-order valence-corrected chi connectivity index (χ1v) is 12.9. The molecule has 0 radical (unpaired) electrons. The van der Waals surface area contributed by atoms with Gasteiger partial charge in [-0.15, -0.1) is 0 Å². The minimum atomic E-state index is -0.241. The second-order valence-electron chi connectivity index (χ2n) is 11.8. The Morgan fingerprint density at radius 1 is 1.09 bits per heavy atom. The van der Waals surface area contributed by atoms with Crippen molar-refractivity contribution in [2.45, 2.75) is 98.0 Å². The van der Waals surface area contributed by atoms with Gasteiger partial charge in [0, 0.05) is 25.2 Å². The van der Waals surface area contributed by atoms with Crippen LogP contribution < -0.4 is 0 Å². The van der Waals surface area contributed by atoms with Gasteiger partial charge in [-0.2, -0.15) is 0 Å². The van der Waals surface area contributed by atoms with Crippen molar-refractivity contribution in [2.75, 3.05) is 7.11 Å². The molecule has 9 atom stereocenters. The third kappa shape index (κ3) is 3.81. The average molecular weight is 447 g/mol. The number of ether oxygens (including phenoxy) is 2. The predicted molar refractivity (Wildman–Crippen MR) is 122 cm³/mol. The van der Waals surface area contributed by atoms with Crippen LogP contribution in [0.5, 0.6) is 0 Å². The highest BCUT2D eigenvalue weighted by molar-refractivity contribution is 5.87. The molecule has 0 aromatic carbocycles. The summed E-state index contributed by atoms with van der Waals surface area (Å²) in [5.41, 5.74) is -0.0556. The smallest absolute Gasteiger partial charge is 0.305 e. The number of hydrogen-bond donors (Lipinski definition) is 0. The van der Waals surface area contributed by atoms with Crippen LogP contribution in [0.3, 0.4) is 0 Å². The van der Waals surface area contributed by atoms with Crippen LogP contribution in [-0.2, 0) is 23.9 Å². The van der Waals surface area contributed by atoms with Crippen molar-refractivity contribution in [2.24, 2.45) is 46.3 Å². The van der Waals surface area contributed by atoms with Gasteiger partial charge in [0.15, 0.2) is 0 Å². The van der Waals surface area contributed by atoms with Crippen molar-refractivity contribution in [1.82, 2.24) is 0 Å². The standard InChI is InChI=1S/C27H42O5/c1-16(6-11-25(30)31-5)21-9-10-22-20-8-7-18-14-19(32-17(2)28)12-13-26(18,3)23(20)15-24(29)27(21,22)4/h16,18-23H,6-15H2,1-5H3/t16-,18-,19-,20+,21?,22+,23?,26+,27-/m1/s1. The molecule has 5 heteroatoms. The van der Waals surface area contributed by atoms with Crippen LogP contribution in [0.15, 0.2) is 0 Å². The van der Waals surface area contributed by atoms with Gasteiger partial charge >= 0.3 is 11.9 Å². The fraction of sp³-hybridized carbons (Fsp3) is 0.889. The molecule has 4 rings (SSSR count). The zero-order valence-electron chi connectivity index (χ0n) is 20.7. The summed E-state index contributed by atoms with van der Waals surface area (Å²) in [4.78, 5) is 37.0. The van der Waals surface area contributed by atoms with Gasteiger partial charge in [0.25, 0.3) is 0 Å². The normalized spacial score (nSPS) is 44.1. The summed E-state index contributed by atoms with van der Waals surface area (Å²) in [5, 5.41) is 0. The molecule has 4 aliphatic rings. The number of carbonyl (C=O) groups is 3. The van der Waals surface area contributed by atoms with E-state index in [0.29, 0.717) is 54.1 Å². The lowest BCUT2D eigenvalue weighted by atomic mass is 9.44. The third-order valence-corrected chi connectivity index (χ3v) is 10.6. The Kier molecular flexibility index (Phi) is 6.50. The average Bonchev–Trinajstić information content (AvgIpc) is 3.11. The quantitative estimate of drug-likeness (QED) is 0.533. The molecule has 0 spiro atoms. The third-order valence-electron chi connectivity index (χ3n) is 10.6. The SMILES string of the molecule is COC(=O)CC[C@@H](C)C1CC[C@H]2[C@@H]3CC[C@@H]4C[C@H](OC(C)=O)CC[C@]4(C)C3CC(=O)[C@]12C. The fourth-order valence-corrected chi connectivity index (χ4v) is 8.86. The van der Waals surface area contributed by atoms with Crippen LogP contribution in [0.2, 0.25) is 0 Å². The molecule has 4 saturated carbocycles. The molecule has 0 heterocycles. The van der Waals surface area contributed by atoms with Crippen molar-refractivity contribution in [1.29, 1.82) is 0 Å². The molecule has 4 fully saturated rings. The van der Waals surface area contributed by atoms with Crippen LogP contribution in [-0.4, -0.2) is 30.9 Å². The maximum Gasteiger partial charge on any atom is 0.305 e. The van der Waals surface area contributed by atoms with E-state index >= 15 is 0 Å². The van der Waals surface area contributed by atoms with Crippen LogP contribution in [0.1, 0.15) is 91.9 Å². The Morgan fingerprint density at radius 3 is 2.53 bits per heavy atom. The minimum Gasteiger partial charge on any atom is -0.469 e. The first-order chi connectivity index (χ1) is 15.1. The largest absolute Gasteiger partial charge is 0.469 e. The summed E-state index contributed by atoms with van der Waals surface area (Å²) >= 11 is 0. The van der Waals surface area contributed by atoms with E-state index in [1.807, 2.05) is 0 Å². The number of rotatable bonds is 5. The summed E-state index contributed by atoms with van der Waals surface area (Å²) in [6, 6.07) is 0. The van der Waals surface area contributed by atoms with Crippen LogP contribution in [0.25, 0.3) is 0 Å². The Bertz CT molecular complexity index is 761. The highest BCUT2D eigenvalue weighted by Gasteiger charge is 2.64. The predicted octanol–water partition coefficient (Wildman–Crippen LogP) is 5.35. The molecule has 180 valence electrons. The maximum atomic E-state index is 13.8. The van der Waals surface area contributed by atoms with Gasteiger partial charge in [0.1, 0.15) is 11.9 Å². The van der Waals surface area contributed by atoms with E-state index in [-0.39, 0.29) is 28.9 Å². The molecule has 4 aliphatic carbocycles. The van der Waals surface area contributed by atoms with Crippen molar-refractivity contribution >= 4 is 17.7 Å². The van der Waals surface area contributed by atoms with E-state index in [9.17, 15) is 14.4 Å². The summed E-state index contributed by atoms with van der Waals surface area (Å²) in [6.07, 6.45) is 9.61. The van der Waals surface area contributed by atoms with Crippen LogP contribution in [0.4, 0.5) is 0 Å². The second-order valence-corrected chi connectivity index (χ2v) is 11.8. The molecule has 0 amide bonds. The molecule has 5 nitrogen and oxygen atoms in total. The lowest BCUT2D eigenvalue weighted by molar-refractivity contribution is -0.167. The summed E-state index contributed by atoms with van der Waals surface area (Å²) in [6.45, 7) is 8.43.